The van der Waals surface area contributed by atoms with Crippen LogP contribution < -0.4 is 21.3 Å². The van der Waals surface area contributed by atoms with Gasteiger partial charge in [-0.05, 0) is 55.4 Å². The number of aromatic nitrogens is 1. The van der Waals surface area contributed by atoms with Gasteiger partial charge >= 0.3 is 5.97 Å². The van der Waals surface area contributed by atoms with Gasteiger partial charge in [0.05, 0.1) is 6.04 Å². The van der Waals surface area contributed by atoms with Crippen LogP contribution >= 0.6 is 11.8 Å². The molecule has 1 saturated heterocycles. The monoisotopic (exact) mass is 531 g/mol. The number of hydrogen-bond acceptors (Lipinski definition) is 6. The molecule has 0 spiro atoms. The standard InChI is InChI=1S/C26H37N5O5S/c1-15(2)22(25(34)29-20(26(35)36)10-12-37-3)31-24(33)21(30-23(32)19-9-6-11-27-19)13-16-14-28-18-8-5-4-7-17(16)18/h4-5,7-8,14-15,19-22,27-28H,6,9-13H2,1-3H3,(H,29,34)(H,30,32)(H,31,33)(H,35,36). The lowest BCUT2D eigenvalue weighted by Crippen LogP contribution is -2.58. The third-order valence-corrected chi connectivity index (χ3v) is 7.22. The summed E-state index contributed by atoms with van der Waals surface area (Å²) < 4.78 is 0. The summed E-state index contributed by atoms with van der Waals surface area (Å²) in [5.41, 5.74) is 1.79. The zero-order chi connectivity index (χ0) is 26.9. The van der Waals surface area contributed by atoms with Gasteiger partial charge < -0.3 is 31.4 Å². The number of carbonyl (C=O) groups is 4. The van der Waals surface area contributed by atoms with E-state index in [-0.39, 0.29) is 30.7 Å². The number of para-hydroxylation sites is 1. The first-order valence-electron chi connectivity index (χ1n) is 12.6. The van der Waals surface area contributed by atoms with E-state index in [4.69, 9.17) is 0 Å². The fourth-order valence-corrected chi connectivity index (χ4v) is 4.93. The number of thioether (sulfide) groups is 1. The number of aliphatic carboxylic acids is 1. The average Bonchev–Trinajstić information content (AvgIpc) is 3.55. The fourth-order valence-electron chi connectivity index (χ4n) is 4.45. The molecule has 0 saturated carbocycles. The third-order valence-electron chi connectivity index (χ3n) is 6.58. The molecule has 3 rings (SSSR count). The van der Waals surface area contributed by atoms with Crippen molar-refractivity contribution in [1.29, 1.82) is 0 Å². The van der Waals surface area contributed by atoms with Crippen LogP contribution in [0.3, 0.4) is 0 Å². The first-order valence-corrected chi connectivity index (χ1v) is 14.0. The molecule has 1 aliphatic heterocycles. The molecule has 4 unspecified atom stereocenters. The van der Waals surface area contributed by atoms with Gasteiger partial charge in [-0.2, -0.15) is 11.8 Å². The number of rotatable bonds is 13. The van der Waals surface area contributed by atoms with E-state index in [9.17, 15) is 24.3 Å². The molecule has 11 heteroatoms. The molecular formula is C26H37N5O5S. The molecule has 0 radical (unpaired) electrons. The lowest BCUT2D eigenvalue weighted by molar-refractivity contribution is -0.142. The van der Waals surface area contributed by atoms with E-state index in [0.717, 1.165) is 29.4 Å². The zero-order valence-electron chi connectivity index (χ0n) is 21.5. The summed E-state index contributed by atoms with van der Waals surface area (Å²) in [7, 11) is 0. The van der Waals surface area contributed by atoms with Crippen LogP contribution in [0.2, 0.25) is 0 Å². The van der Waals surface area contributed by atoms with E-state index in [0.29, 0.717) is 12.2 Å². The summed E-state index contributed by atoms with van der Waals surface area (Å²) in [6.45, 7) is 4.30. The minimum atomic E-state index is -1.12. The summed E-state index contributed by atoms with van der Waals surface area (Å²) in [6, 6.07) is 4.40. The van der Waals surface area contributed by atoms with E-state index in [1.165, 1.54) is 11.8 Å². The van der Waals surface area contributed by atoms with E-state index < -0.39 is 35.9 Å². The topological polar surface area (TPSA) is 152 Å². The smallest absolute Gasteiger partial charge is 0.326 e. The van der Waals surface area contributed by atoms with Crippen LogP contribution in [0, 0.1) is 5.92 Å². The maximum atomic E-state index is 13.5. The number of aromatic amines is 1. The highest BCUT2D eigenvalue weighted by Gasteiger charge is 2.33. The molecule has 0 bridgehead atoms. The highest BCUT2D eigenvalue weighted by atomic mass is 32.2. The fraction of sp³-hybridized carbons (Fsp3) is 0.538. The maximum Gasteiger partial charge on any atom is 0.326 e. The molecule has 2 heterocycles. The zero-order valence-corrected chi connectivity index (χ0v) is 22.3. The number of carboxylic acid groups (broad SMARTS) is 1. The molecular weight excluding hydrogens is 494 g/mol. The Kier molecular flexibility index (Phi) is 10.4. The van der Waals surface area contributed by atoms with Crippen LogP contribution in [0.15, 0.2) is 30.5 Å². The number of benzene rings is 1. The van der Waals surface area contributed by atoms with E-state index in [2.05, 4.69) is 26.3 Å². The van der Waals surface area contributed by atoms with Crippen LogP contribution in [-0.4, -0.2) is 76.5 Å². The van der Waals surface area contributed by atoms with Crippen molar-refractivity contribution in [2.45, 2.75) is 63.7 Å². The number of carbonyl (C=O) groups excluding carboxylic acids is 3. The predicted octanol–water partition coefficient (Wildman–Crippen LogP) is 1.41. The number of carboxylic acids is 1. The third kappa shape index (κ3) is 7.72. The summed E-state index contributed by atoms with van der Waals surface area (Å²) >= 11 is 1.49. The van der Waals surface area contributed by atoms with Crippen molar-refractivity contribution >= 4 is 46.4 Å². The second-order valence-corrected chi connectivity index (χ2v) is 10.7. The van der Waals surface area contributed by atoms with Gasteiger partial charge in [-0.25, -0.2) is 4.79 Å². The molecule has 6 N–H and O–H groups in total. The van der Waals surface area contributed by atoms with Crippen molar-refractivity contribution in [2.24, 2.45) is 5.92 Å². The molecule has 37 heavy (non-hydrogen) atoms. The molecule has 4 atom stereocenters. The molecule has 1 aliphatic rings. The van der Waals surface area contributed by atoms with Gasteiger partial charge in [-0.1, -0.05) is 32.0 Å². The summed E-state index contributed by atoms with van der Waals surface area (Å²) in [4.78, 5) is 54.3. The van der Waals surface area contributed by atoms with Crippen LogP contribution in [0.5, 0.6) is 0 Å². The largest absolute Gasteiger partial charge is 0.480 e. The normalized spacial score (nSPS) is 17.8. The molecule has 0 aliphatic carbocycles. The number of fused-ring (bicyclic) bond motifs is 1. The van der Waals surface area contributed by atoms with Crippen LogP contribution in [0.25, 0.3) is 10.9 Å². The van der Waals surface area contributed by atoms with Crippen molar-refractivity contribution in [3.8, 4) is 0 Å². The lowest BCUT2D eigenvalue weighted by atomic mass is 10.00. The van der Waals surface area contributed by atoms with Gasteiger partial charge in [0.2, 0.25) is 17.7 Å². The Balaban J connectivity index is 1.78. The van der Waals surface area contributed by atoms with Gasteiger partial charge in [-0.15, -0.1) is 0 Å². The Labute approximate surface area is 221 Å². The molecule has 1 aromatic heterocycles. The van der Waals surface area contributed by atoms with Gasteiger partial charge in [0, 0.05) is 23.5 Å². The highest BCUT2D eigenvalue weighted by molar-refractivity contribution is 7.98. The molecule has 3 amide bonds. The van der Waals surface area contributed by atoms with E-state index >= 15 is 0 Å². The van der Waals surface area contributed by atoms with Gasteiger partial charge in [-0.3, -0.25) is 14.4 Å². The Morgan fingerprint density at radius 3 is 2.49 bits per heavy atom. The number of amides is 3. The predicted molar refractivity (Wildman–Crippen MR) is 144 cm³/mol. The number of H-pyrrole nitrogens is 1. The van der Waals surface area contributed by atoms with Gasteiger partial charge in [0.15, 0.2) is 0 Å². The summed E-state index contributed by atoms with van der Waals surface area (Å²) in [5.74, 6) is -2.17. The lowest BCUT2D eigenvalue weighted by Gasteiger charge is -2.27. The van der Waals surface area contributed by atoms with Crippen LogP contribution in [0.4, 0.5) is 0 Å². The van der Waals surface area contributed by atoms with Crippen molar-refractivity contribution < 1.29 is 24.3 Å². The second kappa shape index (κ2) is 13.5. The van der Waals surface area contributed by atoms with Crippen molar-refractivity contribution in [3.63, 3.8) is 0 Å². The van der Waals surface area contributed by atoms with Crippen molar-refractivity contribution in [1.82, 2.24) is 26.3 Å². The molecule has 202 valence electrons. The van der Waals surface area contributed by atoms with Gasteiger partial charge in [0.1, 0.15) is 18.1 Å². The molecule has 1 fully saturated rings. The Morgan fingerprint density at radius 1 is 1.08 bits per heavy atom. The second-order valence-electron chi connectivity index (χ2n) is 9.68. The molecule has 2 aromatic rings. The molecule has 10 nitrogen and oxygen atoms in total. The number of hydrogen-bond donors (Lipinski definition) is 6. The molecule has 1 aromatic carbocycles. The SMILES string of the molecule is CSCCC(NC(=O)C(NC(=O)C(Cc1c[nH]c2ccccc12)NC(=O)C1CCCN1)C(C)C)C(=O)O. The minimum Gasteiger partial charge on any atom is -0.480 e. The van der Waals surface area contributed by atoms with E-state index in [1.54, 1.807) is 13.8 Å². The summed E-state index contributed by atoms with van der Waals surface area (Å²) in [6.07, 6.45) is 5.76. The Hall–Kier alpha value is -3.05. The summed E-state index contributed by atoms with van der Waals surface area (Å²) in [5, 5.41) is 21.8. The maximum absolute atomic E-state index is 13.5. The van der Waals surface area contributed by atoms with Crippen LogP contribution in [0.1, 0.15) is 38.7 Å². The van der Waals surface area contributed by atoms with Crippen molar-refractivity contribution in [3.05, 3.63) is 36.0 Å². The first kappa shape index (κ1) is 28.5. The average molecular weight is 532 g/mol. The minimum absolute atomic E-state index is 0.228. The van der Waals surface area contributed by atoms with Crippen molar-refractivity contribution in [2.75, 3.05) is 18.6 Å². The highest BCUT2D eigenvalue weighted by Crippen LogP contribution is 2.20. The van der Waals surface area contributed by atoms with Crippen LogP contribution in [-0.2, 0) is 25.6 Å². The Morgan fingerprint density at radius 2 is 1.84 bits per heavy atom. The first-order chi connectivity index (χ1) is 17.7. The van der Waals surface area contributed by atoms with E-state index in [1.807, 2.05) is 36.7 Å². The van der Waals surface area contributed by atoms with Gasteiger partial charge in [0.25, 0.3) is 0 Å². The number of nitrogens with one attached hydrogen (secondary N) is 5. The Bertz CT molecular complexity index is 1100. The quantitative estimate of drug-likeness (QED) is 0.229.